The van der Waals surface area contributed by atoms with Gasteiger partial charge in [-0.05, 0) is 0 Å². The number of aliphatic hydroxyl groups is 8. The number of amides is 11. The van der Waals surface area contributed by atoms with Gasteiger partial charge in [-0.15, -0.1) is 0 Å². The molecule has 0 rings (SSSR count). The number of carbonyl (C=O) groups is 12. The molecule has 0 aromatic heterocycles. The number of rotatable bonds is 31. The average molecular weight is 927 g/mol. The van der Waals surface area contributed by atoms with Gasteiger partial charge in [-0.25, -0.2) is 0 Å². The SMILES string of the molecule is NC(CO)C(=O)NC(CO)C(=O)NCC(=O)NC(CO)C(=O)NC(CO)C(=O)NCC(=O)NC(CO)C(=O)NC(CO)C(=O)NCC(=O)NC(CO)C(=O)NC(CO)C(=O)NCC=O. The van der Waals surface area contributed by atoms with Crippen LogP contribution < -0.4 is 64.2 Å². The number of hydrogen-bond donors (Lipinski definition) is 20. The molecule has 0 bridgehead atoms. The molecule has 0 aromatic carbocycles. The lowest BCUT2D eigenvalue weighted by Crippen LogP contribution is -2.59. The highest BCUT2D eigenvalue weighted by atomic mass is 16.3. The maximum absolute atomic E-state index is 12.7. The van der Waals surface area contributed by atoms with Crippen molar-refractivity contribution in [2.45, 2.75) is 48.3 Å². The summed E-state index contributed by atoms with van der Waals surface area (Å²) in [7, 11) is 0. The lowest BCUT2D eigenvalue weighted by atomic mass is 10.2. The van der Waals surface area contributed by atoms with E-state index >= 15 is 0 Å². The van der Waals surface area contributed by atoms with Crippen LogP contribution in [0, 0.1) is 0 Å². The fourth-order valence-electron chi connectivity index (χ4n) is 4.41. The Morgan fingerprint density at radius 1 is 0.344 bits per heavy atom. The number of hydrogen-bond acceptors (Lipinski definition) is 21. The summed E-state index contributed by atoms with van der Waals surface area (Å²) in [5, 5.41) is 97.7. The second-order valence-corrected chi connectivity index (χ2v) is 12.7. The van der Waals surface area contributed by atoms with Crippen LogP contribution in [0.15, 0.2) is 0 Å². The van der Waals surface area contributed by atoms with E-state index in [-0.39, 0.29) is 0 Å². The first-order valence-electron chi connectivity index (χ1n) is 18.6. The molecule has 0 aromatic rings. The summed E-state index contributed by atoms with van der Waals surface area (Å²) >= 11 is 0. The quantitative estimate of drug-likeness (QED) is 0.0287. The second-order valence-electron chi connectivity index (χ2n) is 12.7. The van der Waals surface area contributed by atoms with Crippen molar-refractivity contribution < 1.29 is 98.4 Å². The van der Waals surface area contributed by atoms with E-state index < -0.39 is 192 Å². The standard InChI is InChI=1S/C32H54N12O20/c33-14(6-46)25(57)41-16(8-48)27(59)35-3-22(54)39-20(12-52)31(63)43-18(10-50)29(61)37-5-24(56)40-21(13-53)32(64)44-17(9-49)28(60)36-4-23(55)38-19(11-51)30(62)42-15(7-47)26(58)34-1-2-45/h2,14-21,46-53H,1,3-13,33H2,(H,34,58)(H,35,59)(H,36,60)(H,37,61)(H,38,55)(H,39,54)(H,40,56)(H,41,57)(H,42,62)(H,43,63)(H,44,64). The van der Waals surface area contributed by atoms with Gasteiger partial charge in [-0.2, -0.15) is 0 Å². The van der Waals surface area contributed by atoms with Crippen LogP contribution in [0.2, 0.25) is 0 Å². The maximum atomic E-state index is 12.7. The molecule has 362 valence electrons. The Balaban J connectivity index is 5.12. The Bertz CT molecular complexity index is 1640. The smallest absolute Gasteiger partial charge is 0.245 e. The predicted octanol–water partition coefficient (Wildman–Crippen LogP) is -15.7. The van der Waals surface area contributed by atoms with E-state index in [4.69, 9.17) is 10.8 Å². The Morgan fingerprint density at radius 3 is 0.812 bits per heavy atom. The van der Waals surface area contributed by atoms with Crippen molar-refractivity contribution in [3.8, 4) is 0 Å². The zero-order chi connectivity index (χ0) is 48.9. The van der Waals surface area contributed by atoms with Crippen molar-refractivity contribution in [3.05, 3.63) is 0 Å². The molecule has 0 heterocycles. The molecule has 0 aliphatic carbocycles. The highest BCUT2D eigenvalue weighted by molar-refractivity contribution is 5.97. The molecule has 32 nitrogen and oxygen atoms in total. The van der Waals surface area contributed by atoms with Crippen LogP contribution >= 0.6 is 0 Å². The zero-order valence-electron chi connectivity index (χ0n) is 33.7. The van der Waals surface area contributed by atoms with Gasteiger partial charge in [0.15, 0.2) is 0 Å². The van der Waals surface area contributed by atoms with Gasteiger partial charge in [0.25, 0.3) is 0 Å². The van der Waals surface area contributed by atoms with Gasteiger partial charge in [0.2, 0.25) is 65.0 Å². The first-order chi connectivity index (χ1) is 30.3. The molecule has 64 heavy (non-hydrogen) atoms. The second kappa shape index (κ2) is 31.3. The molecule has 0 aliphatic heterocycles. The van der Waals surface area contributed by atoms with Gasteiger partial charge in [0.05, 0.1) is 79.0 Å². The maximum Gasteiger partial charge on any atom is 0.245 e. The van der Waals surface area contributed by atoms with Crippen LogP contribution in [-0.2, 0) is 57.5 Å². The molecular formula is C32H54N12O20. The summed E-state index contributed by atoms with van der Waals surface area (Å²) in [5.41, 5.74) is 5.31. The van der Waals surface area contributed by atoms with E-state index in [2.05, 4.69) is 5.32 Å². The van der Waals surface area contributed by atoms with Crippen LogP contribution in [-0.4, -0.2) is 239 Å². The summed E-state index contributed by atoms with van der Waals surface area (Å²) in [5.74, 6) is -12.5. The van der Waals surface area contributed by atoms with E-state index in [0.29, 0.717) is 6.29 Å². The molecule has 0 fully saturated rings. The van der Waals surface area contributed by atoms with Crippen molar-refractivity contribution in [1.82, 2.24) is 58.5 Å². The van der Waals surface area contributed by atoms with Crippen LogP contribution in [0.5, 0.6) is 0 Å². The number of nitrogens with one attached hydrogen (secondary N) is 11. The van der Waals surface area contributed by atoms with Gasteiger partial charge < -0.3 is 110 Å². The molecule has 0 radical (unpaired) electrons. The molecule has 0 spiro atoms. The van der Waals surface area contributed by atoms with Crippen molar-refractivity contribution in [2.75, 3.05) is 79.0 Å². The Hall–Kier alpha value is -6.52. The monoisotopic (exact) mass is 926 g/mol. The highest BCUT2D eigenvalue weighted by Gasteiger charge is 2.31. The average Bonchev–Trinajstić information content (AvgIpc) is 3.29. The van der Waals surface area contributed by atoms with Gasteiger partial charge in [-0.1, -0.05) is 0 Å². The summed E-state index contributed by atoms with van der Waals surface area (Å²) in [4.78, 5) is 146. The Labute approximate surface area is 361 Å². The molecule has 0 saturated carbocycles. The molecule has 8 unspecified atom stereocenters. The predicted molar refractivity (Wildman–Crippen MR) is 206 cm³/mol. The third-order valence-corrected chi connectivity index (χ3v) is 7.93. The molecule has 21 N–H and O–H groups in total. The van der Waals surface area contributed by atoms with Crippen molar-refractivity contribution in [1.29, 1.82) is 0 Å². The van der Waals surface area contributed by atoms with Gasteiger partial charge >= 0.3 is 0 Å². The fraction of sp³-hybridized carbons (Fsp3) is 0.625. The normalized spacial score (nSPS) is 14.4. The van der Waals surface area contributed by atoms with Crippen molar-refractivity contribution >= 4 is 71.3 Å². The van der Waals surface area contributed by atoms with E-state index in [9.17, 15) is 93.3 Å². The molecule has 32 heteroatoms. The molecule has 11 amide bonds. The van der Waals surface area contributed by atoms with Gasteiger partial charge in [-0.3, -0.25) is 52.7 Å². The minimum Gasteiger partial charge on any atom is -0.394 e. The first-order valence-corrected chi connectivity index (χ1v) is 18.6. The van der Waals surface area contributed by atoms with E-state index in [1.807, 2.05) is 53.2 Å². The van der Waals surface area contributed by atoms with E-state index in [1.165, 1.54) is 0 Å². The van der Waals surface area contributed by atoms with Crippen molar-refractivity contribution in [3.63, 3.8) is 0 Å². The Kier molecular flexibility index (Phi) is 28.1. The lowest BCUT2D eigenvalue weighted by Gasteiger charge is -2.22. The summed E-state index contributed by atoms with van der Waals surface area (Å²) in [6.07, 6.45) is 0.330. The number of nitrogens with two attached hydrogens (primary N) is 1. The molecule has 0 aliphatic rings. The fourth-order valence-corrected chi connectivity index (χ4v) is 4.41. The largest absolute Gasteiger partial charge is 0.394 e. The van der Waals surface area contributed by atoms with E-state index in [0.717, 1.165) is 0 Å². The lowest BCUT2D eigenvalue weighted by molar-refractivity contribution is -0.135. The van der Waals surface area contributed by atoms with Crippen LogP contribution in [0.4, 0.5) is 0 Å². The van der Waals surface area contributed by atoms with Crippen LogP contribution in [0.1, 0.15) is 0 Å². The minimum atomic E-state index is -1.83. The Morgan fingerprint density at radius 2 is 0.578 bits per heavy atom. The highest BCUT2D eigenvalue weighted by Crippen LogP contribution is 1.94. The van der Waals surface area contributed by atoms with Crippen molar-refractivity contribution in [2.24, 2.45) is 5.73 Å². The number of aliphatic hydroxyl groups excluding tert-OH is 8. The topological polar surface area (TPSA) is 525 Å². The number of carbonyl (C=O) groups excluding carboxylic acids is 12. The molecule has 0 saturated heterocycles. The summed E-state index contributed by atoms with van der Waals surface area (Å²) in [6, 6.07) is -13.5. The number of aldehydes is 1. The zero-order valence-corrected chi connectivity index (χ0v) is 33.7. The van der Waals surface area contributed by atoms with Gasteiger partial charge in [0.1, 0.15) is 54.6 Å². The van der Waals surface area contributed by atoms with Gasteiger partial charge in [0, 0.05) is 0 Å². The summed E-state index contributed by atoms with van der Waals surface area (Å²) in [6.45, 7) is -11.2. The van der Waals surface area contributed by atoms with E-state index in [1.54, 1.807) is 0 Å². The van der Waals surface area contributed by atoms with Crippen LogP contribution in [0.3, 0.4) is 0 Å². The minimum absolute atomic E-state index is 0.330. The third kappa shape index (κ3) is 21.0. The molecular weight excluding hydrogens is 872 g/mol. The van der Waals surface area contributed by atoms with Crippen LogP contribution in [0.25, 0.3) is 0 Å². The molecule has 8 atom stereocenters. The first kappa shape index (κ1) is 57.5. The summed E-state index contributed by atoms with van der Waals surface area (Å²) < 4.78 is 0. The third-order valence-electron chi connectivity index (χ3n) is 7.93.